The summed E-state index contributed by atoms with van der Waals surface area (Å²) in [7, 11) is 1.76. The minimum Gasteiger partial charge on any atom is -0.309 e. The molecule has 18 heavy (non-hydrogen) atoms. The van der Waals surface area contributed by atoms with Crippen LogP contribution in [0.4, 0.5) is 4.39 Å². The molecule has 94 valence electrons. The maximum Gasteiger partial charge on any atom is 0.141 e. The summed E-state index contributed by atoms with van der Waals surface area (Å²) >= 11 is 12.3. The van der Waals surface area contributed by atoms with Gasteiger partial charge < -0.3 is 5.32 Å². The second kappa shape index (κ2) is 5.65. The summed E-state index contributed by atoms with van der Waals surface area (Å²) in [5, 5.41) is 4.13. The lowest BCUT2D eigenvalue weighted by Gasteiger charge is -2.19. The smallest absolute Gasteiger partial charge is 0.141 e. The van der Waals surface area contributed by atoms with Crippen molar-refractivity contribution >= 4 is 23.2 Å². The van der Waals surface area contributed by atoms with E-state index >= 15 is 0 Å². The second-order valence-corrected chi connectivity index (χ2v) is 4.61. The number of rotatable bonds is 3. The zero-order chi connectivity index (χ0) is 13.1. The summed E-state index contributed by atoms with van der Waals surface area (Å²) in [5.74, 6) is -0.393. The van der Waals surface area contributed by atoms with Crippen molar-refractivity contribution in [2.75, 3.05) is 7.05 Å². The minimum absolute atomic E-state index is 0.297. The van der Waals surface area contributed by atoms with Crippen molar-refractivity contribution in [1.29, 1.82) is 0 Å². The van der Waals surface area contributed by atoms with Crippen LogP contribution in [0.5, 0.6) is 0 Å². The summed E-state index contributed by atoms with van der Waals surface area (Å²) in [6.07, 6.45) is 2.74. The Morgan fingerprint density at radius 1 is 1.22 bits per heavy atom. The van der Waals surface area contributed by atoms with Crippen LogP contribution in [-0.2, 0) is 0 Å². The number of halogens is 3. The first-order valence-electron chi connectivity index (χ1n) is 5.35. The van der Waals surface area contributed by atoms with Crippen LogP contribution in [0.15, 0.2) is 36.7 Å². The molecule has 1 N–H and O–H groups in total. The molecule has 2 rings (SSSR count). The predicted octanol–water partition coefficient (Wildman–Crippen LogP) is 3.84. The van der Waals surface area contributed by atoms with Gasteiger partial charge in [-0.1, -0.05) is 29.3 Å². The molecule has 0 saturated carbocycles. The van der Waals surface area contributed by atoms with E-state index < -0.39 is 5.82 Å². The normalized spacial score (nSPS) is 12.4. The quantitative estimate of drug-likeness (QED) is 0.926. The molecule has 5 heteroatoms. The van der Waals surface area contributed by atoms with Crippen LogP contribution in [0, 0.1) is 5.82 Å². The number of nitrogens with zero attached hydrogens (tertiary/aromatic N) is 1. The van der Waals surface area contributed by atoms with E-state index in [0.29, 0.717) is 15.6 Å². The number of hydrogen-bond donors (Lipinski definition) is 1. The van der Waals surface area contributed by atoms with Crippen molar-refractivity contribution in [2.24, 2.45) is 0 Å². The van der Waals surface area contributed by atoms with Gasteiger partial charge >= 0.3 is 0 Å². The van der Waals surface area contributed by atoms with E-state index in [0.717, 1.165) is 11.8 Å². The first-order valence-corrected chi connectivity index (χ1v) is 6.10. The highest BCUT2D eigenvalue weighted by Gasteiger charge is 2.19. The van der Waals surface area contributed by atoms with E-state index in [2.05, 4.69) is 10.3 Å². The van der Waals surface area contributed by atoms with Crippen molar-refractivity contribution in [1.82, 2.24) is 10.3 Å². The summed E-state index contributed by atoms with van der Waals surface area (Å²) in [5.41, 5.74) is 1.39. The first-order chi connectivity index (χ1) is 8.63. The molecular formula is C13H11Cl2FN2. The summed E-state index contributed by atoms with van der Waals surface area (Å²) in [6.45, 7) is 0. The second-order valence-electron chi connectivity index (χ2n) is 3.79. The number of aromatic nitrogens is 1. The molecule has 0 amide bonds. The van der Waals surface area contributed by atoms with Gasteiger partial charge in [0, 0.05) is 21.8 Å². The fourth-order valence-electron chi connectivity index (χ4n) is 1.85. The molecule has 0 bridgehead atoms. The van der Waals surface area contributed by atoms with Gasteiger partial charge in [-0.05, 0) is 30.8 Å². The van der Waals surface area contributed by atoms with Gasteiger partial charge in [0.25, 0.3) is 0 Å². The Morgan fingerprint density at radius 2 is 1.89 bits per heavy atom. The molecule has 0 aliphatic rings. The van der Waals surface area contributed by atoms with Crippen LogP contribution < -0.4 is 5.32 Å². The van der Waals surface area contributed by atoms with E-state index in [1.165, 1.54) is 6.07 Å². The third-order valence-electron chi connectivity index (χ3n) is 2.64. The predicted molar refractivity (Wildman–Crippen MR) is 71.6 cm³/mol. The van der Waals surface area contributed by atoms with Crippen LogP contribution in [0.3, 0.4) is 0 Å². The monoisotopic (exact) mass is 284 g/mol. The lowest BCUT2D eigenvalue weighted by Crippen LogP contribution is -2.19. The molecule has 0 radical (unpaired) electrons. The fourth-order valence-corrected chi connectivity index (χ4v) is 2.47. The maximum atomic E-state index is 13.2. The zero-order valence-corrected chi connectivity index (χ0v) is 11.1. The van der Waals surface area contributed by atoms with Gasteiger partial charge in [0.1, 0.15) is 5.82 Å². The van der Waals surface area contributed by atoms with Gasteiger partial charge in [-0.3, -0.25) is 4.98 Å². The van der Waals surface area contributed by atoms with Gasteiger partial charge in [-0.15, -0.1) is 0 Å². The SMILES string of the molecule is CNC(c1cncc(F)c1)c1c(Cl)cccc1Cl. The number of nitrogens with one attached hydrogen (secondary N) is 1. The highest BCUT2D eigenvalue weighted by Crippen LogP contribution is 2.33. The largest absolute Gasteiger partial charge is 0.309 e. The van der Waals surface area contributed by atoms with E-state index in [1.54, 1.807) is 31.4 Å². The molecule has 0 fully saturated rings. The number of hydrogen-bond acceptors (Lipinski definition) is 2. The topological polar surface area (TPSA) is 24.9 Å². The molecule has 1 atom stereocenters. The Kier molecular flexibility index (Phi) is 4.17. The van der Waals surface area contributed by atoms with E-state index in [9.17, 15) is 4.39 Å². The lowest BCUT2D eigenvalue weighted by atomic mass is 10.00. The zero-order valence-electron chi connectivity index (χ0n) is 9.62. The van der Waals surface area contributed by atoms with Crippen molar-refractivity contribution in [2.45, 2.75) is 6.04 Å². The van der Waals surface area contributed by atoms with Crippen LogP contribution in [0.25, 0.3) is 0 Å². The van der Waals surface area contributed by atoms with E-state index in [1.807, 2.05) is 0 Å². The molecule has 1 heterocycles. The molecule has 2 nitrogen and oxygen atoms in total. The van der Waals surface area contributed by atoms with Crippen LogP contribution in [-0.4, -0.2) is 12.0 Å². The molecule has 2 aromatic rings. The Morgan fingerprint density at radius 3 is 2.44 bits per heavy atom. The number of pyridine rings is 1. The van der Waals surface area contributed by atoms with Crippen LogP contribution in [0.1, 0.15) is 17.2 Å². The molecule has 0 aliphatic heterocycles. The molecule has 1 unspecified atom stereocenters. The average molecular weight is 285 g/mol. The standard InChI is InChI=1S/C13H11Cl2FN2/c1-17-13(8-5-9(16)7-18-6-8)12-10(14)3-2-4-11(12)15/h2-7,13,17H,1H3. The van der Waals surface area contributed by atoms with Crippen molar-refractivity contribution in [3.8, 4) is 0 Å². The molecule has 1 aromatic heterocycles. The summed E-state index contributed by atoms with van der Waals surface area (Å²) in [4.78, 5) is 3.84. The van der Waals surface area contributed by atoms with Crippen molar-refractivity contribution < 1.29 is 4.39 Å². The highest BCUT2D eigenvalue weighted by molar-refractivity contribution is 6.36. The maximum absolute atomic E-state index is 13.2. The molecule has 0 saturated heterocycles. The van der Waals surface area contributed by atoms with Crippen LogP contribution in [0.2, 0.25) is 10.0 Å². The molecule has 0 aliphatic carbocycles. The summed E-state index contributed by atoms with van der Waals surface area (Å²) < 4.78 is 13.2. The average Bonchev–Trinajstić information content (AvgIpc) is 2.34. The Balaban J connectivity index is 2.52. The first kappa shape index (κ1) is 13.3. The lowest BCUT2D eigenvalue weighted by molar-refractivity contribution is 0.609. The van der Waals surface area contributed by atoms with Gasteiger partial charge in [-0.2, -0.15) is 0 Å². The molecule has 0 spiro atoms. The van der Waals surface area contributed by atoms with E-state index in [4.69, 9.17) is 23.2 Å². The Bertz CT molecular complexity index is 540. The van der Waals surface area contributed by atoms with Crippen molar-refractivity contribution in [3.63, 3.8) is 0 Å². The molecular weight excluding hydrogens is 274 g/mol. The van der Waals surface area contributed by atoms with Crippen LogP contribution >= 0.6 is 23.2 Å². The Hall–Kier alpha value is -1.16. The number of benzene rings is 1. The van der Waals surface area contributed by atoms with Gasteiger partial charge in [0.05, 0.1) is 12.2 Å². The minimum atomic E-state index is -0.393. The fraction of sp³-hybridized carbons (Fsp3) is 0.154. The third kappa shape index (κ3) is 2.64. The summed E-state index contributed by atoms with van der Waals surface area (Å²) in [6, 6.07) is 6.38. The van der Waals surface area contributed by atoms with Gasteiger partial charge in [0.15, 0.2) is 0 Å². The van der Waals surface area contributed by atoms with Crippen molar-refractivity contribution in [3.05, 3.63) is 63.6 Å². The van der Waals surface area contributed by atoms with Gasteiger partial charge in [-0.25, -0.2) is 4.39 Å². The van der Waals surface area contributed by atoms with Gasteiger partial charge in [0.2, 0.25) is 0 Å². The molecule has 1 aromatic carbocycles. The van der Waals surface area contributed by atoms with E-state index in [-0.39, 0.29) is 6.04 Å². The highest BCUT2D eigenvalue weighted by atomic mass is 35.5. The Labute approximate surface area is 115 Å². The third-order valence-corrected chi connectivity index (χ3v) is 3.30.